The van der Waals surface area contributed by atoms with Crippen molar-refractivity contribution in [2.24, 2.45) is 0 Å². The van der Waals surface area contributed by atoms with Crippen molar-refractivity contribution in [3.63, 3.8) is 0 Å². The molecule has 3 atom stereocenters. The van der Waals surface area contributed by atoms with E-state index in [0.29, 0.717) is 18.1 Å². The average Bonchev–Trinajstić information content (AvgIpc) is 2.77. The number of hydrogen-bond acceptors (Lipinski definition) is 4. The van der Waals surface area contributed by atoms with Gasteiger partial charge in [-0.05, 0) is 41.9 Å². The first-order chi connectivity index (χ1) is 6.33. The van der Waals surface area contributed by atoms with E-state index in [1.165, 1.54) is 17.8 Å². The third-order valence-corrected chi connectivity index (χ3v) is 4.56. The molecule has 13 heavy (non-hydrogen) atoms. The highest BCUT2D eigenvalue weighted by Crippen LogP contribution is 2.45. The number of rotatable bonds is 1. The zero-order valence-corrected chi connectivity index (χ0v) is 9.92. The Morgan fingerprint density at radius 1 is 1.38 bits per heavy atom. The smallest absolute Gasteiger partial charge is 0.178 e. The number of ether oxygens (including phenoxy) is 1. The van der Waals surface area contributed by atoms with E-state index in [0.717, 1.165) is 9.44 Å². The van der Waals surface area contributed by atoms with Crippen molar-refractivity contribution in [2.75, 3.05) is 0 Å². The Morgan fingerprint density at radius 2 is 2.31 bits per heavy atom. The summed E-state index contributed by atoms with van der Waals surface area (Å²) in [5.74, 6) is 0.541. The average molecular weight is 308 g/mol. The number of fused-ring (bicyclic) bond motifs is 2. The maximum absolute atomic E-state index is 5.78. The second kappa shape index (κ2) is 3.13. The molecule has 2 saturated heterocycles. The molecule has 3 unspecified atom stereocenters. The largest absolute Gasteiger partial charge is 0.374 e. The van der Waals surface area contributed by atoms with Gasteiger partial charge in [-0.15, -0.1) is 10.2 Å². The number of nitrogens with zero attached hydrogens (tertiary/aromatic N) is 2. The van der Waals surface area contributed by atoms with Gasteiger partial charge in [0.1, 0.15) is 5.01 Å². The molecule has 0 amide bonds. The minimum atomic E-state index is 0.439. The summed E-state index contributed by atoms with van der Waals surface area (Å²) >= 11 is 3.93. The van der Waals surface area contributed by atoms with Crippen LogP contribution in [0.25, 0.3) is 0 Å². The van der Waals surface area contributed by atoms with E-state index in [1.54, 1.807) is 11.3 Å². The minimum absolute atomic E-state index is 0.439. The van der Waals surface area contributed by atoms with E-state index in [-0.39, 0.29) is 0 Å². The van der Waals surface area contributed by atoms with E-state index in [9.17, 15) is 0 Å². The van der Waals surface area contributed by atoms with Gasteiger partial charge in [0, 0.05) is 5.92 Å². The van der Waals surface area contributed by atoms with Crippen LogP contribution in [0.2, 0.25) is 0 Å². The van der Waals surface area contributed by atoms with Crippen LogP contribution >= 0.6 is 33.9 Å². The Hall–Kier alpha value is 0.250. The lowest BCUT2D eigenvalue weighted by Crippen LogP contribution is -2.13. The maximum Gasteiger partial charge on any atom is 0.178 e. The molecule has 3 rings (SSSR count). The zero-order valence-electron chi connectivity index (χ0n) is 6.94. The monoisotopic (exact) mass is 308 g/mol. The lowest BCUT2D eigenvalue weighted by atomic mass is 9.90. The molecule has 0 aromatic carbocycles. The Labute approximate surface area is 94.0 Å². The molecule has 2 aliphatic heterocycles. The molecule has 0 aliphatic carbocycles. The molecule has 1 aromatic rings. The predicted octanol–water partition coefficient (Wildman–Crippen LogP) is 2.18. The third-order valence-electron chi connectivity index (χ3n) is 2.84. The van der Waals surface area contributed by atoms with Crippen molar-refractivity contribution in [1.29, 1.82) is 0 Å². The summed E-state index contributed by atoms with van der Waals surface area (Å²) in [6.07, 6.45) is 4.57. The van der Waals surface area contributed by atoms with E-state index >= 15 is 0 Å². The molecule has 0 saturated carbocycles. The summed E-state index contributed by atoms with van der Waals surface area (Å²) in [6.45, 7) is 0. The fourth-order valence-electron chi connectivity index (χ4n) is 2.26. The Bertz CT molecular complexity index is 330. The molecule has 70 valence electrons. The van der Waals surface area contributed by atoms with Crippen LogP contribution in [-0.2, 0) is 4.74 Å². The molecular formula is C8H9IN2OS. The van der Waals surface area contributed by atoms with Crippen molar-refractivity contribution >= 4 is 33.9 Å². The Morgan fingerprint density at radius 3 is 2.85 bits per heavy atom. The summed E-state index contributed by atoms with van der Waals surface area (Å²) in [5, 5.41) is 9.42. The SMILES string of the molecule is Ic1nnc(C2CC3CCC2O3)s1. The van der Waals surface area contributed by atoms with E-state index in [2.05, 4.69) is 32.8 Å². The molecule has 0 spiro atoms. The number of hydrogen-bond donors (Lipinski definition) is 0. The van der Waals surface area contributed by atoms with Gasteiger partial charge < -0.3 is 4.74 Å². The lowest BCUT2D eigenvalue weighted by molar-refractivity contribution is 0.100. The summed E-state index contributed by atoms with van der Waals surface area (Å²) in [5.41, 5.74) is 0. The van der Waals surface area contributed by atoms with Crippen LogP contribution in [0, 0.1) is 3.01 Å². The van der Waals surface area contributed by atoms with Crippen LogP contribution in [0.1, 0.15) is 30.2 Å². The molecular weight excluding hydrogens is 299 g/mol. The molecule has 2 bridgehead atoms. The molecule has 2 fully saturated rings. The highest BCUT2D eigenvalue weighted by Gasteiger charge is 2.42. The summed E-state index contributed by atoms with van der Waals surface area (Å²) in [7, 11) is 0. The first kappa shape index (κ1) is 8.55. The fraction of sp³-hybridized carbons (Fsp3) is 0.750. The molecule has 5 heteroatoms. The van der Waals surface area contributed by atoms with E-state index < -0.39 is 0 Å². The molecule has 0 N–H and O–H groups in total. The molecule has 3 heterocycles. The van der Waals surface area contributed by atoms with Gasteiger partial charge in [0.15, 0.2) is 3.01 Å². The number of aromatic nitrogens is 2. The van der Waals surface area contributed by atoms with Gasteiger partial charge in [-0.25, -0.2) is 0 Å². The van der Waals surface area contributed by atoms with Crippen molar-refractivity contribution in [1.82, 2.24) is 10.2 Å². The van der Waals surface area contributed by atoms with Crippen molar-refractivity contribution in [2.45, 2.75) is 37.4 Å². The molecule has 2 aliphatic rings. The van der Waals surface area contributed by atoms with Crippen LogP contribution < -0.4 is 0 Å². The van der Waals surface area contributed by atoms with Gasteiger partial charge in [-0.1, -0.05) is 11.3 Å². The predicted molar refractivity (Wildman–Crippen MR) is 57.9 cm³/mol. The Kier molecular flexibility index (Phi) is 2.06. The van der Waals surface area contributed by atoms with Crippen LogP contribution in [0.3, 0.4) is 0 Å². The second-order valence-corrected chi connectivity index (χ2v) is 6.37. The molecule has 1 aromatic heterocycles. The maximum atomic E-state index is 5.78. The van der Waals surface area contributed by atoms with E-state index in [4.69, 9.17) is 4.74 Å². The summed E-state index contributed by atoms with van der Waals surface area (Å²) < 4.78 is 6.82. The second-order valence-electron chi connectivity index (χ2n) is 3.61. The van der Waals surface area contributed by atoms with Gasteiger partial charge in [-0.3, -0.25) is 0 Å². The highest BCUT2D eigenvalue weighted by molar-refractivity contribution is 14.1. The summed E-state index contributed by atoms with van der Waals surface area (Å²) in [6, 6.07) is 0. The third kappa shape index (κ3) is 1.41. The molecule has 0 radical (unpaired) electrons. The fourth-order valence-corrected chi connectivity index (χ4v) is 3.78. The first-order valence-electron chi connectivity index (χ1n) is 4.47. The minimum Gasteiger partial charge on any atom is -0.374 e. The Balaban J connectivity index is 1.87. The van der Waals surface area contributed by atoms with E-state index in [1.807, 2.05) is 0 Å². The number of halogens is 1. The van der Waals surface area contributed by atoms with Gasteiger partial charge in [0.05, 0.1) is 12.2 Å². The summed E-state index contributed by atoms with van der Waals surface area (Å²) in [4.78, 5) is 0. The first-order valence-corrected chi connectivity index (χ1v) is 6.37. The quantitative estimate of drug-likeness (QED) is 0.746. The van der Waals surface area contributed by atoms with Gasteiger partial charge in [0.25, 0.3) is 0 Å². The topological polar surface area (TPSA) is 35.0 Å². The van der Waals surface area contributed by atoms with Gasteiger partial charge in [0.2, 0.25) is 0 Å². The zero-order chi connectivity index (χ0) is 8.84. The van der Waals surface area contributed by atoms with Crippen LogP contribution in [0.4, 0.5) is 0 Å². The van der Waals surface area contributed by atoms with Crippen molar-refractivity contribution in [3.05, 3.63) is 8.02 Å². The highest BCUT2D eigenvalue weighted by atomic mass is 127. The van der Waals surface area contributed by atoms with Gasteiger partial charge in [-0.2, -0.15) is 0 Å². The normalized spacial score (nSPS) is 37.2. The van der Waals surface area contributed by atoms with Gasteiger partial charge >= 0.3 is 0 Å². The molecule has 3 nitrogen and oxygen atoms in total. The van der Waals surface area contributed by atoms with Crippen LogP contribution in [-0.4, -0.2) is 22.4 Å². The lowest BCUT2D eigenvalue weighted by Gasteiger charge is -2.14. The van der Waals surface area contributed by atoms with Crippen LogP contribution in [0.5, 0.6) is 0 Å². The van der Waals surface area contributed by atoms with Crippen molar-refractivity contribution in [3.8, 4) is 0 Å². The standard InChI is InChI=1S/C8H9IN2OS/c9-8-11-10-7(13-8)5-3-4-1-2-6(5)12-4/h4-6H,1-3H2. The van der Waals surface area contributed by atoms with Crippen molar-refractivity contribution < 1.29 is 4.74 Å². The van der Waals surface area contributed by atoms with Crippen LogP contribution in [0.15, 0.2) is 0 Å².